The average Bonchev–Trinajstić information content (AvgIpc) is 3.49. The molecule has 0 aliphatic heterocycles. The summed E-state index contributed by atoms with van der Waals surface area (Å²) in [4.78, 5) is 30.7. The van der Waals surface area contributed by atoms with E-state index in [1.165, 1.54) is 13.1 Å². The number of pyridine rings is 1. The van der Waals surface area contributed by atoms with Crippen molar-refractivity contribution in [2.24, 2.45) is 0 Å². The molecule has 6 rings (SSSR count). The zero-order chi connectivity index (χ0) is 28.5. The molecule has 41 heavy (non-hydrogen) atoms. The number of fused-ring (bicyclic) bond motifs is 4. The average molecular weight is 550 g/mol. The molecule has 5 aromatic rings. The first kappa shape index (κ1) is 26.3. The molecule has 0 spiro atoms. The number of halogens is 1. The number of ether oxygens (including phenoxy) is 1. The molecule has 0 fully saturated rings. The third kappa shape index (κ3) is 5.04. The molecule has 2 heterocycles. The van der Waals surface area contributed by atoms with Crippen molar-refractivity contribution in [3.8, 4) is 11.1 Å². The fourth-order valence-electron chi connectivity index (χ4n) is 5.78. The number of likely N-dealkylation sites (N-methyl/N-ethyl adjacent to an activating group) is 1. The van der Waals surface area contributed by atoms with Gasteiger partial charge >= 0.3 is 12.1 Å². The van der Waals surface area contributed by atoms with E-state index in [-0.39, 0.29) is 18.9 Å². The predicted molar refractivity (Wildman–Crippen MR) is 153 cm³/mol. The van der Waals surface area contributed by atoms with Gasteiger partial charge in [-0.25, -0.2) is 14.0 Å². The van der Waals surface area contributed by atoms with Gasteiger partial charge in [-0.1, -0.05) is 66.7 Å². The fourth-order valence-corrected chi connectivity index (χ4v) is 5.78. The van der Waals surface area contributed by atoms with Crippen LogP contribution in [-0.4, -0.2) is 51.3 Å². The van der Waals surface area contributed by atoms with Crippen LogP contribution in [0.5, 0.6) is 0 Å². The summed E-state index contributed by atoms with van der Waals surface area (Å²) < 4.78 is 21.4. The van der Waals surface area contributed by atoms with Gasteiger partial charge in [0.1, 0.15) is 18.5 Å². The maximum absolute atomic E-state index is 13.7. The van der Waals surface area contributed by atoms with E-state index in [1.54, 1.807) is 6.20 Å². The summed E-state index contributed by atoms with van der Waals surface area (Å²) >= 11 is 0. The van der Waals surface area contributed by atoms with Crippen LogP contribution in [0.25, 0.3) is 22.0 Å². The number of carboxylic acid groups (broad SMARTS) is 1. The van der Waals surface area contributed by atoms with E-state index < -0.39 is 23.9 Å². The summed E-state index contributed by atoms with van der Waals surface area (Å²) in [6.45, 7) is 0.468. The number of carbonyl (C=O) groups is 2. The van der Waals surface area contributed by atoms with E-state index in [9.17, 15) is 19.1 Å². The third-order valence-electron chi connectivity index (χ3n) is 7.78. The molecule has 1 atom stereocenters. The Kier molecular flexibility index (Phi) is 6.97. The summed E-state index contributed by atoms with van der Waals surface area (Å²) in [6.07, 6.45) is 3.98. The van der Waals surface area contributed by atoms with Crippen LogP contribution >= 0.6 is 0 Å². The number of amides is 1. The molecule has 3 aromatic carbocycles. The molecule has 1 aliphatic rings. The summed E-state index contributed by atoms with van der Waals surface area (Å²) in [6, 6.07) is 24.0. The van der Waals surface area contributed by atoms with Crippen molar-refractivity contribution in [2.75, 3.05) is 13.7 Å². The highest BCUT2D eigenvalue weighted by molar-refractivity contribution is 5.86. The van der Waals surface area contributed by atoms with Gasteiger partial charge in [0.15, 0.2) is 0 Å². The summed E-state index contributed by atoms with van der Waals surface area (Å²) in [7, 11) is 1.45. The molecule has 0 saturated heterocycles. The van der Waals surface area contributed by atoms with Crippen LogP contribution in [0.2, 0.25) is 0 Å². The minimum atomic E-state index is -1.15. The van der Waals surface area contributed by atoms with E-state index in [4.69, 9.17) is 4.74 Å². The number of hydrogen-bond donors (Lipinski definition) is 1. The Hall–Kier alpha value is -4.98. The lowest BCUT2D eigenvalue weighted by Gasteiger charge is -2.25. The molecule has 0 bridgehead atoms. The Balaban J connectivity index is 1.21. The Bertz CT molecular complexity index is 1720. The summed E-state index contributed by atoms with van der Waals surface area (Å²) in [5.74, 6) is -1.68. The molecule has 8 heteroatoms. The van der Waals surface area contributed by atoms with Crippen LogP contribution in [0.4, 0.5) is 9.18 Å². The number of benzene rings is 3. The normalized spacial score (nSPS) is 13.0. The SMILES string of the molecule is CN(C(=O)OCC1c2ccccc2-c2ccccc21)[C@@H](Cc1cn(Cc2cncc(F)c2)c2ccccc12)C(=O)O. The van der Waals surface area contributed by atoms with Crippen molar-refractivity contribution < 1.29 is 23.8 Å². The van der Waals surface area contributed by atoms with Gasteiger partial charge in [0.05, 0.1) is 6.20 Å². The van der Waals surface area contributed by atoms with E-state index in [2.05, 4.69) is 17.1 Å². The second-order valence-electron chi connectivity index (χ2n) is 10.3. The minimum absolute atomic E-state index is 0.0743. The molecular formula is C33H28FN3O4. The molecule has 1 aliphatic carbocycles. The zero-order valence-corrected chi connectivity index (χ0v) is 22.4. The van der Waals surface area contributed by atoms with Crippen LogP contribution in [0.1, 0.15) is 28.2 Å². The van der Waals surface area contributed by atoms with Crippen LogP contribution in [0, 0.1) is 5.82 Å². The zero-order valence-electron chi connectivity index (χ0n) is 22.4. The number of hydrogen-bond acceptors (Lipinski definition) is 4. The number of nitrogens with zero attached hydrogens (tertiary/aromatic N) is 3. The topological polar surface area (TPSA) is 84.7 Å². The second-order valence-corrected chi connectivity index (χ2v) is 10.3. The number of carbonyl (C=O) groups excluding carboxylic acids is 1. The van der Waals surface area contributed by atoms with Crippen molar-refractivity contribution in [3.05, 3.63) is 126 Å². The monoisotopic (exact) mass is 549 g/mol. The molecule has 206 valence electrons. The maximum Gasteiger partial charge on any atom is 0.410 e. The highest BCUT2D eigenvalue weighted by Gasteiger charge is 2.32. The lowest BCUT2D eigenvalue weighted by atomic mass is 9.98. The van der Waals surface area contributed by atoms with Crippen LogP contribution in [-0.2, 0) is 22.5 Å². The minimum Gasteiger partial charge on any atom is -0.480 e. The van der Waals surface area contributed by atoms with Gasteiger partial charge in [0.2, 0.25) is 0 Å². The Morgan fingerprint density at radius 3 is 2.34 bits per heavy atom. The van der Waals surface area contributed by atoms with Gasteiger partial charge in [0.25, 0.3) is 0 Å². The van der Waals surface area contributed by atoms with Gasteiger partial charge in [-0.3, -0.25) is 9.88 Å². The molecule has 0 radical (unpaired) electrons. The number of para-hydroxylation sites is 1. The predicted octanol–water partition coefficient (Wildman–Crippen LogP) is 6.10. The largest absolute Gasteiger partial charge is 0.480 e. The van der Waals surface area contributed by atoms with Crippen molar-refractivity contribution >= 4 is 23.0 Å². The number of carboxylic acids is 1. The van der Waals surface area contributed by atoms with Gasteiger partial charge in [-0.05, 0) is 45.5 Å². The van der Waals surface area contributed by atoms with Gasteiger partial charge in [-0.15, -0.1) is 0 Å². The number of rotatable bonds is 8. The number of aliphatic carboxylic acids is 1. The van der Waals surface area contributed by atoms with Crippen molar-refractivity contribution in [2.45, 2.75) is 24.9 Å². The molecule has 0 saturated carbocycles. The van der Waals surface area contributed by atoms with E-state index in [0.717, 1.165) is 49.8 Å². The van der Waals surface area contributed by atoms with E-state index in [0.29, 0.717) is 12.1 Å². The van der Waals surface area contributed by atoms with Gasteiger partial charge < -0.3 is 14.4 Å². The molecule has 1 amide bonds. The maximum atomic E-state index is 13.7. The lowest BCUT2D eigenvalue weighted by Crippen LogP contribution is -2.44. The van der Waals surface area contributed by atoms with Crippen LogP contribution < -0.4 is 0 Å². The molecule has 7 nitrogen and oxygen atoms in total. The van der Waals surface area contributed by atoms with E-state index in [1.807, 2.05) is 71.4 Å². The van der Waals surface area contributed by atoms with Crippen LogP contribution in [0.3, 0.4) is 0 Å². The van der Waals surface area contributed by atoms with Gasteiger partial charge in [0, 0.05) is 49.2 Å². The Labute approximate surface area is 236 Å². The first-order chi connectivity index (χ1) is 19.9. The van der Waals surface area contributed by atoms with Crippen LogP contribution in [0.15, 0.2) is 97.5 Å². The van der Waals surface area contributed by atoms with E-state index >= 15 is 0 Å². The molecule has 2 aromatic heterocycles. The molecular weight excluding hydrogens is 521 g/mol. The lowest BCUT2D eigenvalue weighted by molar-refractivity contribution is -0.142. The Morgan fingerprint density at radius 2 is 1.66 bits per heavy atom. The molecule has 0 unspecified atom stereocenters. The highest BCUT2D eigenvalue weighted by atomic mass is 19.1. The Morgan fingerprint density at radius 1 is 1.00 bits per heavy atom. The van der Waals surface area contributed by atoms with Crippen molar-refractivity contribution in [1.29, 1.82) is 0 Å². The summed E-state index contributed by atoms with van der Waals surface area (Å²) in [5, 5.41) is 11.0. The third-order valence-corrected chi connectivity index (χ3v) is 7.78. The standard InChI is InChI=1S/C33H28FN3O4/c1-36(33(40)41-20-29-27-11-4-2-9-25(27)26-10-3-5-12-28(26)29)31(32(38)39)15-22-19-37(30-13-7-6-8-24(22)30)18-21-14-23(34)17-35-16-21/h2-14,16-17,19,29,31H,15,18,20H2,1H3,(H,38,39)/t31-/m0/s1. The highest BCUT2D eigenvalue weighted by Crippen LogP contribution is 2.44. The quantitative estimate of drug-likeness (QED) is 0.253. The first-order valence-corrected chi connectivity index (χ1v) is 13.4. The number of aromatic nitrogens is 2. The van der Waals surface area contributed by atoms with Crippen molar-refractivity contribution in [1.82, 2.24) is 14.5 Å². The summed E-state index contributed by atoms with van der Waals surface area (Å²) in [5.41, 5.74) is 6.72. The molecule has 1 N–H and O–H groups in total. The smallest absolute Gasteiger partial charge is 0.410 e. The van der Waals surface area contributed by atoms with Gasteiger partial charge in [-0.2, -0.15) is 0 Å². The first-order valence-electron chi connectivity index (χ1n) is 13.4. The second kappa shape index (κ2) is 10.9. The fraction of sp³-hybridized carbons (Fsp3) is 0.182. The van der Waals surface area contributed by atoms with Crippen molar-refractivity contribution in [3.63, 3.8) is 0 Å².